The summed E-state index contributed by atoms with van der Waals surface area (Å²) in [5.41, 5.74) is 5.96. The molecule has 0 aromatic heterocycles. The lowest BCUT2D eigenvalue weighted by atomic mass is 9.77. The Hall–Kier alpha value is -0.610. The Balaban J connectivity index is 1.90. The Morgan fingerprint density at radius 1 is 1.29 bits per heavy atom. The van der Waals surface area contributed by atoms with Crippen molar-refractivity contribution in [2.24, 2.45) is 17.6 Å². The summed E-state index contributed by atoms with van der Waals surface area (Å²) in [5.74, 6) is 0.781. The van der Waals surface area contributed by atoms with Crippen molar-refractivity contribution in [2.45, 2.75) is 83.4 Å². The van der Waals surface area contributed by atoms with Gasteiger partial charge in [0.2, 0.25) is 5.91 Å². The van der Waals surface area contributed by atoms with Crippen LogP contribution in [0.25, 0.3) is 0 Å². The lowest BCUT2D eigenvalue weighted by Crippen LogP contribution is -2.50. The van der Waals surface area contributed by atoms with E-state index in [1.54, 1.807) is 0 Å². The zero-order valence-corrected chi connectivity index (χ0v) is 13.9. The highest BCUT2D eigenvalue weighted by Gasteiger charge is 2.37. The van der Waals surface area contributed by atoms with E-state index in [2.05, 4.69) is 26.1 Å². The van der Waals surface area contributed by atoms with Crippen molar-refractivity contribution in [1.82, 2.24) is 5.32 Å². The first-order valence-electron chi connectivity index (χ1n) is 8.69. The highest BCUT2D eigenvalue weighted by molar-refractivity contribution is 5.79. The van der Waals surface area contributed by atoms with Crippen molar-refractivity contribution >= 4 is 5.91 Å². The molecule has 4 atom stereocenters. The number of nitrogens with one attached hydrogen (secondary N) is 1. The molecule has 4 nitrogen and oxygen atoms in total. The summed E-state index contributed by atoms with van der Waals surface area (Å²) in [4.78, 5) is 12.6. The summed E-state index contributed by atoms with van der Waals surface area (Å²) >= 11 is 0. The Morgan fingerprint density at radius 3 is 2.62 bits per heavy atom. The summed E-state index contributed by atoms with van der Waals surface area (Å²) in [6.07, 6.45) is 6.81. The molecule has 1 saturated heterocycles. The van der Waals surface area contributed by atoms with Gasteiger partial charge in [-0.1, -0.05) is 20.8 Å². The first-order chi connectivity index (χ1) is 9.99. The second kappa shape index (κ2) is 7.10. The average molecular weight is 296 g/mol. The molecule has 0 radical (unpaired) electrons. The number of amides is 1. The summed E-state index contributed by atoms with van der Waals surface area (Å²) in [7, 11) is 0. The lowest BCUT2D eigenvalue weighted by Gasteiger charge is -2.41. The normalized spacial score (nSPS) is 36.2. The molecule has 1 aliphatic heterocycles. The van der Waals surface area contributed by atoms with Crippen molar-refractivity contribution in [3.05, 3.63) is 0 Å². The fourth-order valence-corrected chi connectivity index (χ4v) is 4.03. The second-order valence-corrected chi connectivity index (χ2v) is 7.09. The van der Waals surface area contributed by atoms with Gasteiger partial charge in [-0.05, 0) is 50.9 Å². The third kappa shape index (κ3) is 3.98. The molecule has 0 bridgehead atoms. The van der Waals surface area contributed by atoms with Gasteiger partial charge in [0.05, 0.1) is 5.60 Å². The molecule has 1 amide bonds. The molecule has 3 N–H and O–H groups in total. The van der Waals surface area contributed by atoms with Crippen molar-refractivity contribution in [2.75, 3.05) is 6.61 Å². The predicted octanol–water partition coefficient (Wildman–Crippen LogP) is 2.60. The molecular weight excluding hydrogens is 264 g/mol. The van der Waals surface area contributed by atoms with Crippen LogP contribution < -0.4 is 11.1 Å². The third-order valence-corrected chi connectivity index (χ3v) is 5.67. The molecule has 2 rings (SSSR count). The average Bonchev–Trinajstić information content (AvgIpc) is 2.47. The lowest BCUT2D eigenvalue weighted by molar-refractivity contribution is -0.132. The fourth-order valence-electron chi connectivity index (χ4n) is 4.03. The van der Waals surface area contributed by atoms with Crippen LogP contribution >= 0.6 is 0 Å². The molecule has 0 aromatic rings. The van der Waals surface area contributed by atoms with Gasteiger partial charge in [-0.2, -0.15) is 0 Å². The van der Waals surface area contributed by atoms with Crippen LogP contribution in [-0.4, -0.2) is 30.2 Å². The minimum atomic E-state index is -0.0310. The number of rotatable bonds is 4. The summed E-state index contributed by atoms with van der Waals surface area (Å²) < 4.78 is 5.99. The summed E-state index contributed by atoms with van der Waals surface area (Å²) in [6.45, 7) is 7.28. The quantitative estimate of drug-likeness (QED) is 0.838. The van der Waals surface area contributed by atoms with E-state index in [0.29, 0.717) is 5.92 Å². The molecule has 0 spiro atoms. The maximum Gasteiger partial charge on any atom is 0.223 e. The Bertz CT molecular complexity index is 355. The van der Waals surface area contributed by atoms with Gasteiger partial charge in [0.1, 0.15) is 0 Å². The smallest absolute Gasteiger partial charge is 0.223 e. The molecule has 1 saturated carbocycles. The Morgan fingerprint density at radius 2 is 2.00 bits per heavy atom. The molecule has 2 fully saturated rings. The van der Waals surface area contributed by atoms with E-state index in [9.17, 15) is 4.79 Å². The molecule has 4 unspecified atom stereocenters. The predicted molar refractivity (Wildman–Crippen MR) is 84.9 cm³/mol. The van der Waals surface area contributed by atoms with Gasteiger partial charge in [0.15, 0.2) is 0 Å². The molecule has 21 heavy (non-hydrogen) atoms. The van der Waals surface area contributed by atoms with Crippen molar-refractivity contribution in [3.63, 3.8) is 0 Å². The van der Waals surface area contributed by atoms with E-state index in [1.807, 2.05) is 0 Å². The van der Waals surface area contributed by atoms with Gasteiger partial charge < -0.3 is 15.8 Å². The largest absolute Gasteiger partial charge is 0.375 e. The summed E-state index contributed by atoms with van der Waals surface area (Å²) in [6, 6.07) is 0.550. The Labute approximate surface area is 129 Å². The van der Waals surface area contributed by atoms with Gasteiger partial charge in [-0.25, -0.2) is 0 Å². The van der Waals surface area contributed by atoms with Crippen LogP contribution in [0.3, 0.4) is 0 Å². The Kier molecular flexibility index (Phi) is 5.67. The van der Waals surface area contributed by atoms with E-state index in [0.717, 1.165) is 51.6 Å². The van der Waals surface area contributed by atoms with Crippen LogP contribution in [0.5, 0.6) is 0 Å². The number of carbonyl (C=O) groups is 1. The van der Waals surface area contributed by atoms with Gasteiger partial charge in [0.25, 0.3) is 0 Å². The van der Waals surface area contributed by atoms with E-state index < -0.39 is 0 Å². The maximum absolute atomic E-state index is 12.6. The fraction of sp³-hybridized carbons (Fsp3) is 0.941. The number of ether oxygens (including phenoxy) is 1. The maximum atomic E-state index is 12.6. The zero-order valence-electron chi connectivity index (χ0n) is 13.9. The second-order valence-electron chi connectivity index (χ2n) is 7.09. The van der Waals surface area contributed by atoms with Crippen LogP contribution in [0.4, 0.5) is 0 Å². The zero-order chi connectivity index (χ0) is 15.5. The van der Waals surface area contributed by atoms with Crippen LogP contribution in [0, 0.1) is 11.8 Å². The molecular formula is C17H32N2O2. The van der Waals surface area contributed by atoms with Crippen molar-refractivity contribution in [1.29, 1.82) is 0 Å². The number of hydrogen-bond donors (Lipinski definition) is 2. The van der Waals surface area contributed by atoms with Crippen LogP contribution in [0.2, 0.25) is 0 Å². The molecule has 2 aliphatic rings. The highest BCUT2D eigenvalue weighted by atomic mass is 16.5. The molecule has 4 heteroatoms. The molecule has 0 aromatic carbocycles. The SMILES string of the molecule is CCC1(CC)CC(NC(=O)C2CCC(N)CC2C)CCO1. The third-order valence-electron chi connectivity index (χ3n) is 5.67. The van der Waals surface area contributed by atoms with Crippen molar-refractivity contribution < 1.29 is 9.53 Å². The molecule has 1 aliphatic carbocycles. The van der Waals surface area contributed by atoms with Crippen LogP contribution in [-0.2, 0) is 9.53 Å². The number of carbonyl (C=O) groups excluding carboxylic acids is 1. The minimum Gasteiger partial charge on any atom is -0.375 e. The van der Waals surface area contributed by atoms with Gasteiger partial charge in [-0.3, -0.25) is 4.79 Å². The minimum absolute atomic E-state index is 0.0310. The van der Waals surface area contributed by atoms with E-state index in [1.165, 1.54) is 0 Å². The van der Waals surface area contributed by atoms with E-state index in [-0.39, 0.29) is 29.5 Å². The van der Waals surface area contributed by atoms with E-state index in [4.69, 9.17) is 10.5 Å². The number of hydrogen-bond acceptors (Lipinski definition) is 3. The van der Waals surface area contributed by atoms with Gasteiger partial charge >= 0.3 is 0 Å². The van der Waals surface area contributed by atoms with Gasteiger partial charge in [0, 0.05) is 24.6 Å². The van der Waals surface area contributed by atoms with Gasteiger partial charge in [-0.15, -0.1) is 0 Å². The summed E-state index contributed by atoms with van der Waals surface area (Å²) in [5, 5.41) is 3.30. The highest BCUT2D eigenvalue weighted by Crippen LogP contribution is 2.33. The van der Waals surface area contributed by atoms with Crippen LogP contribution in [0.1, 0.15) is 65.7 Å². The van der Waals surface area contributed by atoms with Crippen molar-refractivity contribution in [3.8, 4) is 0 Å². The van der Waals surface area contributed by atoms with E-state index >= 15 is 0 Å². The van der Waals surface area contributed by atoms with Crippen LogP contribution in [0.15, 0.2) is 0 Å². The number of nitrogens with two attached hydrogens (primary N) is 1. The monoisotopic (exact) mass is 296 g/mol. The first kappa shape index (κ1) is 16.8. The molecule has 1 heterocycles. The standard InChI is InChI=1S/C17H32N2O2/c1-4-17(5-2)11-14(8-9-21-17)19-16(20)15-7-6-13(18)10-12(15)3/h12-15H,4-11,18H2,1-3H3,(H,19,20). The molecule has 122 valence electrons. The first-order valence-corrected chi connectivity index (χ1v) is 8.69. The topological polar surface area (TPSA) is 64.4 Å².